The molecule has 23 heavy (non-hydrogen) atoms. The quantitative estimate of drug-likeness (QED) is 0.570. The summed E-state index contributed by atoms with van der Waals surface area (Å²) in [6, 6.07) is 12.9. The van der Waals surface area contributed by atoms with Gasteiger partial charge in [0.2, 0.25) is 0 Å². The smallest absolute Gasteiger partial charge is 0.141 e. The second kappa shape index (κ2) is 5.02. The zero-order chi connectivity index (χ0) is 16.1. The minimum atomic E-state index is 0.211. The first kappa shape index (κ1) is 14.1. The Morgan fingerprint density at radius 2 is 1.70 bits per heavy atom. The molecule has 2 heteroatoms. The Labute approximate surface area is 136 Å². The van der Waals surface area contributed by atoms with Crippen molar-refractivity contribution in [3.63, 3.8) is 0 Å². The van der Waals surface area contributed by atoms with Gasteiger partial charge in [-0.25, -0.2) is 0 Å². The molecular formula is C21H21NO. The summed E-state index contributed by atoms with van der Waals surface area (Å²) < 4.78 is 6.25. The number of hydrogen-bond acceptors (Lipinski definition) is 2. The predicted molar refractivity (Wildman–Crippen MR) is 96.5 cm³/mol. The number of aryl methyl sites for hydroxylation is 1. The Morgan fingerprint density at radius 3 is 2.52 bits per heavy atom. The molecule has 0 N–H and O–H groups in total. The van der Waals surface area contributed by atoms with E-state index in [1.165, 1.54) is 33.0 Å². The van der Waals surface area contributed by atoms with Crippen LogP contribution in [0.5, 0.6) is 0 Å². The Bertz CT molecular complexity index is 974. The Morgan fingerprint density at radius 1 is 0.913 bits per heavy atom. The third kappa shape index (κ3) is 2.09. The normalized spacial score (nSPS) is 18.4. The molecule has 0 bridgehead atoms. The molecule has 1 aliphatic rings. The molecule has 0 saturated heterocycles. The predicted octanol–water partition coefficient (Wildman–Crippen LogP) is 5.73. The SMILES string of the molecule is CC1=CC(c2c(C)ccc3c2oc2ccccc23)N(C)C=C1C. The van der Waals surface area contributed by atoms with Crippen LogP contribution in [0.25, 0.3) is 21.9 Å². The van der Waals surface area contributed by atoms with E-state index < -0.39 is 0 Å². The van der Waals surface area contributed by atoms with Crippen molar-refractivity contribution in [2.24, 2.45) is 0 Å². The van der Waals surface area contributed by atoms with E-state index in [2.05, 4.69) is 69.3 Å². The number of nitrogens with zero attached hydrogens (tertiary/aromatic N) is 1. The highest BCUT2D eigenvalue weighted by Crippen LogP contribution is 2.39. The van der Waals surface area contributed by atoms with E-state index in [1.807, 2.05) is 12.1 Å². The largest absolute Gasteiger partial charge is 0.456 e. The molecule has 0 saturated carbocycles. The lowest BCUT2D eigenvalue weighted by Gasteiger charge is -2.31. The van der Waals surface area contributed by atoms with Gasteiger partial charge < -0.3 is 9.32 Å². The third-order valence-electron chi connectivity index (χ3n) is 4.97. The van der Waals surface area contributed by atoms with Crippen LogP contribution >= 0.6 is 0 Å². The lowest BCUT2D eigenvalue weighted by atomic mass is 9.92. The summed E-state index contributed by atoms with van der Waals surface area (Å²) in [7, 11) is 2.14. The zero-order valence-corrected chi connectivity index (χ0v) is 14.1. The molecule has 2 aromatic carbocycles. The lowest BCUT2D eigenvalue weighted by Crippen LogP contribution is -2.22. The van der Waals surface area contributed by atoms with Crippen molar-refractivity contribution in [1.29, 1.82) is 0 Å². The molecule has 1 aliphatic heterocycles. The highest BCUT2D eigenvalue weighted by molar-refractivity contribution is 6.06. The summed E-state index contributed by atoms with van der Waals surface area (Å²) in [5.41, 5.74) is 7.16. The first-order chi connectivity index (χ1) is 11.1. The summed E-state index contributed by atoms with van der Waals surface area (Å²) in [6.07, 6.45) is 4.56. The minimum absolute atomic E-state index is 0.211. The lowest BCUT2D eigenvalue weighted by molar-refractivity contribution is 0.382. The van der Waals surface area contributed by atoms with Gasteiger partial charge in [-0.3, -0.25) is 0 Å². The molecule has 116 valence electrons. The molecule has 1 atom stereocenters. The zero-order valence-electron chi connectivity index (χ0n) is 14.1. The summed E-state index contributed by atoms with van der Waals surface area (Å²) in [6.45, 7) is 6.51. The maximum Gasteiger partial charge on any atom is 0.141 e. The topological polar surface area (TPSA) is 16.4 Å². The molecular weight excluding hydrogens is 282 g/mol. The Balaban J connectivity index is 2.02. The average molecular weight is 303 g/mol. The summed E-state index contributed by atoms with van der Waals surface area (Å²) in [5, 5.41) is 2.39. The fourth-order valence-corrected chi connectivity index (χ4v) is 3.54. The standard InChI is InChI=1S/C21H21NO/c1-13-9-10-17-16-7-5-6-8-19(16)23-21(17)20(13)18-11-14(2)15(3)12-22(18)4/h5-12,18H,1-4H3. The number of fused-ring (bicyclic) bond motifs is 3. The van der Waals surface area contributed by atoms with Crippen molar-refractivity contribution in [2.45, 2.75) is 26.8 Å². The Hall–Kier alpha value is -2.48. The fourth-order valence-electron chi connectivity index (χ4n) is 3.54. The monoisotopic (exact) mass is 303 g/mol. The summed E-state index contributed by atoms with van der Waals surface area (Å²) >= 11 is 0. The molecule has 0 aliphatic carbocycles. The van der Waals surface area contributed by atoms with Gasteiger partial charge >= 0.3 is 0 Å². The van der Waals surface area contributed by atoms with Crippen LogP contribution in [0.15, 0.2) is 64.2 Å². The maximum absolute atomic E-state index is 6.25. The van der Waals surface area contributed by atoms with Crippen molar-refractivity contribution in [1.82, 2.24) is 4.90 Å². The van der Waals surface area contributed by atoms with Gasteiger partial charge in [0.15, 0.2) is 0 Å². The molecule has 3 aromatic rings. The van der Waals surface area contributed by atoms with Crippen molar-refractivity contribution in [3.8, 4) is 0 Å². The second-order valence-corrected chi connectivity index (χ2v) is 6.54. The van der Waals surface area contributed by atoms with Crippen LogP contribution in [-0.2, 0) is 0 Å². The summed E-state index contributed by atoms with van der Waals surface area (Å²) in [4.78, 5) is 2.28. The average Bonchev–Trinajstić information content (AvgIpc) is 2.90. The fraction of sp³-hybridized carbons (Fsp3) is 0.238. The van der Waals surface area contributed by atoms with Crippen LogP contribution in [0.1, 0.15) is 31.0 Å². The van der Waals surface area contributed by atoms with E-state index in [0.29, 0.717) is 0 Å². The molecule has 4 rings (SSSR count). The van der Waals surface area contributed by atoms with E-state index in [-0.39, 0.29) is 6.04 Å². The van der Waals surface area contributed by atoms with Gasteiger partial charge in [0, 0.05) is 29.6 Å². The van der Waals surface area contributed by atoms with E-state index >= 15 is 0 Å². The van der Waals surface area contributed by atoms with Gasteiger partial charge in [0.05, 0.1) is 6.04 Å². The first-order valence-corrected chi connectivity index (χ1v) is 8.06. The van der Waals surface area contributed by atoms with Gasteiger partial charge in [-0.2, -0.15) is 0 Å². The number of rotatable bonds is 1. The van der Waals surface area contributed by atoms with Crippen molar-refractivity contribution in [2.75, 3.05) is 7.05 Å². The number of para-hydroxylation sites is 1. The molecule has 2 heterocycles. The highest BCUT2D eigenvalue weighted by Gasteiger charge is 2.24. The van der Waals surface area contributed by atoms with Crippen LogP contribution in [0.3, 0.4) is 0 Å². The van der Waals surface area contributed by atoms with Gasteiger partial charge in [-0.15, -0.1) is 0 Å². The van der Waals surface area contributed by atoms with E-state index in [1.54, 1.807) is 0 Å². The molecule has 1 aromatic heterocycles. The van der Waals surface area contributed by atoms with Crippen molar-refractivity contribution < 1.29 is 4.42 Å². The Kier molecular flexibility index (Phi) is 3.08. The third-order valence-corrected chi connectivity index (χ3v) is 4.97. The number of hydrogen-bond donors (Lipinski definition) is 0. The molecule has 0 amide bonds. The van der Waals surface area contributed by atoms with Crippen LogP contribution < -0.4 is 0 Å². The van der Waals surface area contributed by atoms with Gasteiger partial charge in [0.1, 0.15) is 11.2 Å². The first-order valence-electron chi connectivity index (χ1n) is 8.06. The van der Waals surface area contributed by atoms with Gasteiger partial charge in [0.25, 0.3) is 0 Å². The second-order valence-electron chi connectivity index (χ2n) is 6.54. The number of benzene rings is 2. The van der Waals surface area contributed by atoms with Crippen LogP contribution in [0.4, 0.5) is 0 Å². The molecule has 2 nitrogen and oxygen atoms in total. The van der Waals surface area contributed by atoms with E-state index in [9.17, 15) is 0 Å². The van der Waals surface area contributed by atoms with Crippen LogP contribution in [-0.4, -0.2) is 11.9 Å². The van der Waals surface area contributed by atoms with Crippen LogP contribution in [0, 0.1) is 6.92 Å². The van der Waals surface area contributed by atoms with Crippen molar-refractivity contribution in [3.05, 3.63) is 70.9 Å². The highest BCUT2D eigenvalue weighted by atomic mass is 16.3. The minimum Gasteiger partial charge on any atom is -0.456 e. The van der Waals surface area contributed by atoms with Crippen molar-refractivity contribution >= 4 is 21.9 Å². The van der Waals surface area contributed by atoms with E-state index in [0.717, 1.165) is 11.2 Å². The maximum atomic E-state index is 6.25. The number of likely N-dealkylation sites (N-methyl/N-ethyl adjacent to an activating group) is 1. The molecule has 0 fully saturated rings. The van der Waals surface area contributed by atoms with Gasteiger partial charge in [-0.05, 0) is 43.5 Å². The number of furan rings is 1. The summed E-state index contributed by atoms with van der Waals surface area (Å²) in [5.74, 6) is 0. The van der Waals surface area contributed by atoms with Gasteiger partial charge in [-0.1, -0.05) is 36.4 Å². The van der Waals surface area contributed by atoms with E-state index in [4.69, 9.17) is 4.42 Å². The number of allylic oxidation sites excluding steroid dienone is 2. The van der Waals surface area contributed by atoms with Crippen LogP contribution in [0.2, 0.25) is 0 Å². The molecule has 1 unspecified atom stereocenters. The molecule has 0 radical (unpaired) electrons. The molecule has 0 spiro atoms.